The van der Waals surface area contributed by atoms with Gasteiger partial charge >= 0.3 is 12.1 Å². The molecular weight excluding hydrogens is 277 g/mol. The molecule has 1 heterocycles. The van der Waals surface area contributed by atoms with Gasteiger partial charge in [0.15, 0.2) is 0 Å². The topological polar surface area (TPSA) is 75.2 Å². The molecule has 0 saturated carbocycles. The highest BCUT2D eigenvalue weighted by Crippen LogP contribution is 2.31. The third kappa shape index (κ3) is 3.28. The third-order valence-corrected chi connectivity index (χ3v) is 2.40. The molecule has 0 unspecified atom stereocenters. The highest BCUT2D eigenvalue weighted by molar-refractivity contribution is 5.84. The number of aromatic nitrogens is 2. The largest absolute Gasteiger partial charge is 0.486 e. The SMILES string of the molecule is O=C(O)c1cnc(COc2cccc(C(F)(F)F)c2)[nH]1. The van der Waals surface area contributed by atoms with Crippen molar-refractivity contribution in [3.05, 3.63) is 47.5 Å². The minimum absolute atomic E-state index is 0.0214. The van der Waals surface area contributed by atoms with Gasteiger partial charge in [0.05, 0.1) is 11.8 Å². The van der Waals surface area contributed by atoms with E-state index in [4.69, 9.17) is 9.84 Å². The number of nitrogens with zero attached hydrogens (tertiary/aromatic N) is 1. The number of rotatable bonds is 4. The van der Waals surface area contributed by atoms with Crippen LogP contribution in [0.2, 0.25) is 0 Å². The van der Waals surface area contributed by atoms with E-state index in [1.54, 1.807) is 0 Å². The first kappa shape index (κ1) is 13.9. The molecule has 1 aromatic heterocycles. The molecular formula is C12H9F3N2O3. The van der Waals surface area contributed by atoms with Gasteiger partial charge in [-0.3, -0.25) is 0 Å². The first-order valence-corrected chi connectivity index (χ1v) is 5.43. The van der Waals surface area contributed by atoms with Gasteiger partial charge in [-0.05, 0) is 18.2 Å². The number of carboxylic acid groups (broad SMARTS) is 1. The second-order valence-electron chi connectivity index (χ2n) is 3.86. The first-order valence-electron chi connectivity index (χ1n) is 5.43. The number of nitrogens with one attached hydrogen (secondary N) is 1. The van der Waals surface area contributed by atoms with Crippen molar-refractivity contribution < 1.29 is 27.8 Å². The molecule has 0 saturated heterocycles. The van der Waals surface area contributed by atoms with Crippen LogP contribution in [-0.4, -0.2) is 21.0 Å². The summed E-state index contributed by atoms with van der Waals surface area (Å²) in [7, 11) is 0. The summed E-state index contributed by atoms with van der Waals surface area (Å²) in [6.07, 6.45) is -3.34. The number of H-pyrrole nitrogens is 1. The third-order valence-electron chi connectivity index (χ3n) is 2.40. The Balaban J connectivity index is 2.05. The maximum Gasteiger partial charge on any atom is 0.416 e. The summed E-state index contributed by atoms with van der Waals surface area (Å²) >= 11 is 0. The molecule has 2 aromatic rings. The smallest absolute Gasteiger partial charge is 0.416 e. The van der Waals surface area contributed by atoms with Crippen LogP contribution in [0.5, 0.6) is 5.75 Å². The number of imidazole rings is 1. The number of benzene rings is 1. The van der Waals surface area contributed by atoms with E-state index in [0.717, 1.165) is 18.3 Å². The van der Waals surface area contributed by atoms with Crippen LogP contribution in [0.3, 0.4) is 0 Å². The van der Waals surface area contributed by atoms with Crippen LogP contribution < -0.4 is 4.74 Å². The zero-order valence-electron chi connectivity index (χ0n) is 9.94. The fourth-order valence-corrected chi connectivity index (χ4v) is 1.46. The van der Waals surface area contributed by atoms with E-state index in [0.29, 0.717) is 0 Å². The Bertz CT molecular complexity index is 622. The fourth-order valence-electron chi connectivity index (χ4n) is 1.46. The highest BCUT2D eigenvalue weighted by atomic mass is 19.4. The molecule has 0 spiro atoms. The number of halogens is 3. The lowest BCUT2D eigenvalue weighted by Gasteiger charge is -2.09. The summed E-state index contributed by atoms with van der Waals surface area (Å²) in [6.45, 7) is -0.158. The predicted octanol–water partition coefficient (Wildman–Crippen LogP) is 2.71. The molecule has 0 aliphatic heterocycles. The molecule has 0 radical (unpaired) electrons. The molecule has 0 aliphatic rings. The monoisotopic (exact) mass is 286 g/mol. The maximum atomic E-state index is 12.5. The van der Waals surface area contributed by atoms with Crippen LogP contribution in [0.25, 0.3) is 0 Å². The number of ether oxygens (including phenoxy) is 1. The minimum atomic E-state index is -4.44. The van der Waals surface area contributed by atoms with Crippen LogP contribution in [-0.2, 0) is 12.8 Å². The molecule has 1 aromatic carbocycles. The molecule has 0 fully saturated rings. The highest BCUT2D eigenvalue weighted by Gasteiger charge is 2.30. The summed E-state index contributed by atoms with van der Waals surface area (Å²) in [5.41, 5.74) is -0.937. The molecule has 106 valence electrons. The van der Waals surface area contributed by atoms with Crippen LogP contribution in [0.15, 0.2) is 30.5 Å². The van der Waals surface area contributed by atoms with Crippen molar-refractivity contribution in [1.29, 1.82) is 0 Å². The average molecular weight is 286 g/mol. The Morgan fingerprint density at radius 2 is 2.15 bits per heavy atom. The predicted molar refractivity (Wildman–Crippen MR) is 61.3 cm³/mol. The Labute approximate surface area is 111 Å². The van der Waals surface area contributed by atoms with Gasteiger partial charge in [-0.15, -0.1) is 0 Å². The number of carboxylic acids is 1. The van der Waals surface area contributed by atoms with Crippen LogP contribution in [0.4, 0.5) is 13.2 Å². The second kappa shape index (κ2) is 5.24. The zero-order valence-corrected chi connectivity index (χ0v) is 9.94. The van der Waals surface area contributed by atoms with E-state index >= 15 is 0 Å². The van der Waals surface area contributed by atoms with Gasteiger partial charge in [0, 0.05) is 0 Å². The second-order valence-corrected chi connectivity index (χ2v) is 3.86. The molecule has 5 nitrogen and oxygen atoms in total. The Kier molecular flexibility index (Phi) is 3.64. The van der Waals surface area contributed by atoms with Crippen LogP contribution in [0.1, 0.15) is 21.9 Å². The van der Waals surface area contributed by atoms with Crippen molar-refractivity contribution in [1.82, 2.24) is 9.97 Å². The Hall–Kier alpha value is -2.51. The number of carbonyl (C=O) groups is 1. The lowest BCUT2D eigenvalue weighted by Crippen LogP contribution is -2.05. The van der Waals surface area contributed by atoms with Gasteiger partial charge in [0.1, 0.15) is 23.9 Å². The number of hydrogen-bond donors (Lipinski definition) is 2. The summed E-state index contributed by atoms with van der Waals surface area (Å²) < 4.78 is 42.6. The van der Waals surface area contributed by atoms with E-state index in [1.165, 1.54) is 12.1 Å². The first-order chi connectivity index (χ1) is 9.36. The van der Waals surface area contributed by atoms with Gasteiger partial charge in [-0.1, -0.05) is 6.07 Å². The molecule has 20 heavy (non-hydrogen) atoms. The normalized spacial score (nSPS) is 11.3. The van der Waals surface area contributed by atoms with Gasteiger partial charge < -0.3 is 14.8 Å². The van der Waals surface area contributed by atoms with Gasteiger partial charge in [0.25, 0.3) is 0 Å². The maximum absolute atomic E-state index is 12.5. The summed E-state index contributed by atoms with van der Waals surface area (Å²) in [4.78, 5) is 16.8. The van der Waals surface area contributed by atoms with E-state index < -0.39 is 17.7 Å². The van der Waals surface area contributed by atoms with E-state index in [-0.39, 0.29) is 23.9 Å². The lowest BCUT2D eigenvalue weighted by molar-refractivity contribution is -0.137. The number of alkyl halides is 3. The van der Waals surface area contributed by atoms with Crippen LogP contribution in [0, 0.1) is 0 Å². The van der Waals surface area contributed by atoms with Gasteiger partial charge in [0.2, 0.25) is 0 Å². The van der Waals surface area contributed by atoms with Gasteiger partial charge in [-0.25, -0.2) is 9.78 Å². The molecule has 2 rings (SSSR count). The summed E-state index contributed by atoms with van der Waals surface area (Å²) in [5.74, 6) is -0.948. The summed E-state index contributed by atoms with van der Waals surface area (Å²) in [6, 6.07) is 4.39. The summed E-state index contributed by atoms with van der Waals surface area (Å²) in [5, 5.41) is 8.67. The van der Waals surface area contributed by atoms with Crippen LogP contribution >= 0.6 is 0 Å². The van der Waals surface area contributed by atoms with E-state index in [9.17, 15) is 18.0 Å². The Morgan fingerprint density at radius 1 is 1.40 bits per heavy atom. The van der Waals surface area contributed by atoms with Crippen molar-refractivity contribution >= 4 is 5.97 Å². The zero-order chi connectivity index (χ0) is 14.8. The van der Waals surface area contributed by atoms with E-state index in [2.05, 4.69) is 9.97 Å². The quantitative estimate of drug-likeness (QED) is 0.906. The van der Waals surface area contributed by atoms with Crippen molar-refractivity contribution in [3.8, 4) is 5.75 Å². The molecule has 8 heteroatoms. The number of hydrogen-bond acceptors (Lipinski definition) is 3. The average Bonchev–Trinajstić information content (AvgIpc) is 2.85. The Morgan fingerprint density at radius 3 is 2.75 bits per heavy atom. The molecule has 0 atom stereocenters. The van der Waals surface area contributed by atoms with Crippen molar-refractivity contribution in [3.63, 3.8) is 0 Å². The molecule has 0 amide bonds. The molecule has 0 aliphatic carbocycles. The lowest BCUT2D eigenvalue weighted by atomic mass is 10.2. The minimum Gasteiger partial charge on any atom is -0.486 e. The number of aromatic amines is 1. The standard InChI is InChI=1S/C12H9F3N2O3/c13-12(14,15)7-2-1-3-8(4-7)20-6-10-16-5-9(17-10)11(18)19/h1-5H,6H2,(H,16,17)(H,18,19). The van der Waals surface area contributed by atoms with Gasteiger partial charge in [-0.2, -0.15) is 13.2 Å². The molecule has 0 bridgehead atoms. The van der Waals surface area contributed by atoms with Crippen molar-refractivity contribution in [2.45, 2.75) is 12.8 Å². The van der Waals surface area contributed by atoms with Crippen molar-refractivity contribution in [2.75, 3.05) is 0 Å². The van der Waals surface area contributed by atoms with E-state index in [1.807, 2.05) is 0 Å². The molecule has 2 N–H and O–H groups in total. The fraction of sp³-hybridized carbons (Fsp3) is 0.167. The van der Waals surface area contributed by atoms with Crippen molar-refractivity contribution in [2.24, 2.45) is 0 Å². The number of aromatic carboxylic acids is 1.